The molecule has 2 aromatic rings. The van der Waals surface area contributed by atoms with E-state index in [0.29, 0.717) is 0 Å². The van der Waals surface area contributed by atoms with E-state index >= 15 is 0 Å². The van der Waals surface area contributed by atoms with Gasteiger partial charge in [0.2, 0.25) is 0 Å². The highest BCUT2D eigenvalue weighted by molar-refractivity contribution is 7.11. The van der Waals surface area contributed by atoms with Crippen LogP contribution in [0.2, 0.25) is 0 Å². The number of rotatable bonds is 12. The molecule has 2 nitrogen and oxygen atoms in total. The van der Waals surface area contributed by atoms with Gasteiger partial charge >= 0.3 is 0 Å². The minimum Gasteiger partial charge on any atom is -0.144 e. The predicted octanol–water partition coefficient (Wildman–Crippen LogP) is 7.91. The van der Waals surface area contributed by atoms with Gasteiger partial charge in [-0.05, 0) is 61.5 Å². The molecule has 0 unspecified atom stereocenters. The lowest BCUT2D eigenvalue weighted by molar-refractivity contribution is 0.303. The van der Waals surface area contributed by atoms with Crippen LogP contribution in [-0.4, -0.2) is 10.2 Å². The molecule has 0 bridgehead atoms. The summed E-state index contributed by atoms with van der Waals surface area (Å²) in [6, 6.07) is 9.50. The summed E-state index contributed by atoms with van der Waals surface area (Å²) in [5.41, 5.74) is 3.00. The monoisotopic (exact) mass is 412 g/mol. The molecule has 1 fully saturated rings. The first-order valence-corrected chi connectivity index (χ1v) is 13.0. The predicted molar refractivity (Wildman–Crippen MR) is 126 cm³/mol. The van der Waals surface area contributed by atoms with Gasteiger partial charge < -0.3 is 0 Å². The molecule has 0 saturated heterocycles. The zero-order chi connectivity index (χ0) is 20.3. The Morgan fingerprint density at radius 2 is 1.41 bits per heavy atom. The number of benzene rings is 1. The van der Waals surface area contributed by atoms with Crippen molar-refractivity contribution in [1.82, 2.24) is 10.2 Å². The van der Waals surface area contributed by atoms with Gasteiger partial charge in [-0.25, -0.2) is 0 Å². The normalized spacial score (nSPS) is 19.5. The number of aryl methyl sites for hydroxylation is 3. The van der Waals surface area contributed by atoms with Crippen molar-refractivity contribution in [3.8, 4) is 0 Å². The van der Waals surface area contributed by atoms with Crippen molar-refractivity contribution in [2.45, 2.75) is 110 Å². The molecular formula is C26H40N2S. The molecular weight excluding hydrogens is 372 g/mol. The Bertz CT molecular complexity index is 683. The van der Waals surface area contributed by atoms with Crippen LogP contribution in [-0.2, 0) is 19.3 Å². The summed E-state index contributed by atoms with van der Waals surface area (Å²) >= 11 is 1.81. The first kappa shape index (κ1) is 22.5. The molecule has 0 radical (unpaired) electrons. The van der Waals surface area contributed by atoms with Crippen molar-refractivity contribution >= 4 is 11.3 Å². The van der Waals surface area contributed by atoms with E-state index in [1.54, 1.807) is 5.56 Å². The van der Waals surface area contributed by atoms with Gasteiger partial charge in [-0.2, -0.15) is 0 Å². The molecule has 160 valence electrons. The number of hydrogen-bond donors (Lipinski definition) is 0. The Morgan fingerprint density at radius 3 is 2.10 bits per heavy atom. The summed E-state index contributed by atoms with van der Waals surface area (Å²) < 4.78 is 0. The first-order valence-electron chi connectivity index (χ1n) is 12.2. The zero-order valence-electron chi connectivity index (χ0n) is 18.7. The second kappa shape index (κ2) is 12.5. The Balaban J connectivity index is 1.40. The van der Waals surface area contributed by atoms with Crippen LogP contribution < -0.4 is 0 Å². The van der Waals surface area contributed by atoms with E-state index in [-0.39, 0.29) is 0 Å². The fourth-order valence-electron chi connectivity index (χ4n) is 4.69. The fourth-order valence-corrected chi connectivity index (χ4v) is 5.58. The van der Waals surface area contributed by atoms with Gasteiger partial charge in [0.05, 0.1) is 0 Å². The van der Waals surface area contributed by atoms with E-state index in [1.165, 1.54) is 86.2 Å². The molecule has 1 saturated carbocycles. The van der Waals surface area contributed by atoms with Crippen LogP contribution in [0.25, 0.3) is 0 Å². The van der Waals surface area contributed by atoms with Crippen LogP contribution in [0.5, 0.6) is 0 Å². The zero-order valence-corrected chi connectivity index (χ0v) is 19.5. The second-order valence-electron chi connectivity index (χ2n) is 9.00. The number of hydrogen-bond acceptors (Lipinski definition) is 3. The lowest BCUT2D eigenvalue weighted by Crippen LogP contribution is -2.13. The smallest absolute Gasteiger partial charge is 0.117 e. The number of aromatic nitrogens is 2. The third-order valence-corrected chi connectivity index (χ3v) is 7.69. The summed E-state index contributed by atoms with van der Waals surface area (Å²) in [7, 11) is 0. The van der Waals surface area contributed by atoms with Gasteiger partial charge in [-0.3, -0.25) is 0 Å². The Hall–Kier alpha value is -1.22. The average molecular weight is 413 g/mol. The molecule has 29 heavy (non-hydrogen) atoms. The van der Waals surface area contributed by atoms with Crippen LogP contribution in [0.15, 0.2) is 24.3 Å². The maximum absolute atomic E-state index is 4.40. The maximum Gasteiger partial charge on any atom is 0.117 e. The van der Waals surface area contributed by atoms with E-state index in [4.69, 9.17) is 0 Å². The summed E-state index contributed by atoms with van der Waals surface area (Å²) in [4.78, 5) is 0. The third-order valence-electron chi connectivity index (χ3n) is 6.64. The standard InChI is InChI=1S/C26H40N2S/c1-3-5-7-9-21-11-16-23(17-12-21)24-18-13-22(14-19-24)15-20-26-28-27-25(29-26)10-8-6-4-2/h13-14,18-19,21,23H,3-12,15-17,20H2,1-2H3. The van der Waals surface area contributed by atoms with E-state index < -0.39 is 0 Å². The van der Waals surface area contributed by atoms with Crippen LogP contribution in [0.3, 0.4) is 0 Å². The van der Waals surface area contributed by atoms with Crippen molar-refractivity contribution < 1.29 is 0 Å². The van der Waals surface area contributed by atoms with Crippen LogP contribution in [0, 0.1) is 5.92 Å². The van der Waals surface area contributed by atoms with Gasteiger partial charge in [0, 0.05) is 12.8 Å². The van der Waals surface area contributed by atoms with E-state index in [9.17, 15) is 0 Å². The van der Waals surface area contributed by atoms with E-state index in [2.05, 4.69) is 48.3 Å². The SMILES string of the molecule is CCCCCc1nnc(CCc2ccc(C3CCC(CCCCC)CC3)cc2)s1. The molecule has 0 N–H and O–H groups in total. The molecule has 1 aliphatic carbocycles. The lowest BCUT2D eigenvalue weighted by Gasteiger charge is -2.29. The molecule has 0 atom stereocenters. The molecule has 3 heteroatoms. The largest absolute Gasteiger partial charge is 0.144 e. The van der Waals surface area contributed by atoms with Crippen molar-refractivity contribution in [2.75, 3.05) is 0 Å². The van der Waals surface area contributed by atoms with Crippen LogP contribution >= 0.6 is 11.3 Å². The Morgan fingerprint density at radius 1 is 0.759 bits per heavy atom. The van der Waals surface area contributed by atoms with E-state index in [1.807, 2.05) is 11.3 Å². The maximum atomic E-state index is 4.40. The quantitative estimate of drug-likeness (QED) is 0.331. The second-order valence-corrected chi connectivity index (χ2v) is 10.1. The van der Waals surface area contributed by atoms with Gasteiger partial charge in [0.25, 0.3) is 0 Å². The Kier molecular flexibility index (Phi) is 9.66. The third kappa shape index (κ3) is 7.51. The topological polar surface area (TPSA) is 25.8 Å². The minimum absolute atomic E-state index is 0.792. The number of unbranched alkanes of at least 4 members (excludes halogenated alkanes) is 4. The van der Waals surface area contributed by atoms with Crippen molar-refractivity contribution in [3.05, 3.63) is 45.4 Å². The van der Waals surface area contributed by atoms with Crippen LogP contribution in [0.4, 0.5) is 0 Å². The van der Waals surface area contributed by atoms with Gasteiger partial charge in [-0.1, -0.05) is 76.6 Å². The summed E-state index contributed by atoms with van der Waals surface area (Å²) in [6.07, 6.45) is 18.3. The highest BCUT2D eigenvalue weighted by Gasteiger charge is 2.21. The first-order chi connectivity index (χ1) is 14.3. The van der Waals surface area contributed by atoms with Crippen molar-refractivity contribution in [3.63, 3.8) is 0 Å². The highest BCUT2D eigenvalue weighted by Crippen LogP contribution is 2.37. The summed E-state index contributed by atoms with van der Waals surface area (Å²) in [6.45, 7) is 4.55. The summed E-state index contributed by atoms with van der Waals surface area (Å²) in [5.74, 6) is 1.79. The molecule has 0 amide bonds. The molecule has 1 aromatic carbocycles. The van der Waals surface area contributed by atoms with E-state index in [0.717, 1.165) is 31.1 Å². The molecule has 3 rings (SSSR count). The molecule has 1 aliphatic rings. The lowest BCUT2D eigenvalue weighted by atomic mass is 9.77. The minimum atomic E-state index is 0.792. The van der Waals surface area contributed by atoms with Gasteiger partial charge in [-0.15, -0.1) is 21.5 Å². The molecule has 1 aromatic heterocycles. The average Bonchev–Trinajstić information content (AvgIpc) is 3.21. The number of nitrogens with zero attached hydrogens (tertiary/aromatic N) is 2. The van der Waals surface area contributed by atoms with Crippen LogP contribution in [0.1, 0.15) is 112 Å². The summed E-state index contributed by atoms with van der Waals surface area (Å²) in [5, 5.41) is 11.2. The van der Waals surface area contributed by atoms with Gasteiger partial charge in [0.1, 0.15) is 10.0 Å². The van der Waals surface area contributed by atoms with Crippen molar-refractivity contribution in [1.29, 1.82) is 0 Å². The fraction of sp³-hybridized carbons (Fsp3) is 0.692. The van der Waals surface area contributed by atoms with Gasteiger partial charge in [0.15, 0.2) is 0 Å². The molecule has 0 aliphatic heterocycles. The highest BCUT2D eigenvalue weighted by atomic mass is 32.1. The Labute approximate surface area is 182 Å². The molecule has 0 spiro atoms. The van der Waals surface area contributed by atoms with Crippen molar-refractivity contribution in [2.24, 2.45) is 5.92 Å². The molecule has 1 heterocycles.